The molecule has 0 saturated carbocycles. The first-order valence-corrected chi connectivity index (χ1v) is 7.14. The van der Waals surface area contributed by atoms with E-state index in [9.17, 15) is 13.6 Å². The Balaban J connectivity index is 1.86. The molecule has 0 amide bonds. The molecule has 0 aliphatic heterocycles. The lowest BCUT2D eigenvalue weighted by Crippen LogP contribution is -2.22. The molecule has 0 unspecified atom stereocenters. The lowest BCUT2D eigenvalue weighted by atomic mass is 10.1. The normalized spacial score (nSPS) is 10.8. The summed E-state index contributed by atoms with van der Waals surface area (Å²) >= 11 is 0. The van der Waals surface area contributed by atoms with Crippen LogP contribution in [-0.4, -0.2) is 21.4 Å². The number of hydrogen-bond donors (Lipinski definition) is 0. The number of aromatic nitrogens is 3. The number of benzene rings is 1. The van der Waals surface area contributed by atoms with Crippen LogP contribution in [0.2, 0.25) is 0 Å². The average Bonchev–Trinajstić information content (AvgIpc) is 2.58. The number of alkyl halides is 2. The van der Waals surface area contributed by atoms with Gasteiger partial charge in [0.2, 0.25) is 0 Å². The third-order valence-corrected chi connectivity index (χ3v) is 3.30. The molecule has 3 rings (SSSR count). The van der Waals surface area contributed by atoms with E-state index in [1.165, 1.54) is 22.9 Å². The second kappa shape index (κ2) is 6.99. The van der Waals surface area contributed by atoms with Crippen molar-refractivity contribution >= 4 is 0 Å². The van der Waals surface area contributed by atoms with Crippen LogP contribution in [0, 0.1) is 0 Å². The molecule has 0 radical (unpaired) electrons. The Hall–Kier alpha value is -3.09. The van der Waals surface area contributed by atoms with Crippen LogP contribution in [0.25, 0.3) is 11.3 Å². The van der Waals surface area contributed by atoms with Crippen LogP contribution in [-0.2, 0) is 6.54 Å². The van der Waals surface area contributed by atoms with Crippen molar-refractivity contribution in [1.82, 2.24) is 14.8 Å². The summed E-state index contributed by atoms with van der Waals surface area (Å²) < 4.78 is 30.0. The molecule has 7 heteroatoms. The molecule has 0 fully saturated rings. The zero-order chi connectivity index (χ0) is 16.9. The molecular weight excluding hydrogens is 316 g/mol. The highest BCUT2D eigenvalue weighted by atomic mass is 19.3. The zero-order valence-corrected chi connectivity index (χ0v) is 12.5. The highest BCUT2D eigenvalue weighted by Crippen LogP contribution is 2.21. The fourth-order valence-electron chi connectivity index (χ4n) is 2.19. The second-order valence-electron chi connectivity index (χ2n) is 4.98. The minimum Gasteiger partial charge on any atom is -0.435 e. The van der Waals surface area contributed by atoms with Gasteiger partial charge >= 0.3 is 6.61 Å². The van der Waals surface area contributed by atoms with Crippen LogP contribution in [0.1, 0.15) is 5.56 Å². The summed E-state index contributed by atoms with van der Waals surface area (Å²) in [6, 6.07) is 12.7. The number of rotatable bonds is 5. The maximum Gasteiger partial charge on any atom is 0.387 e. The van der Waals surface area contributed by atoms with E-state index in [4.69, 9.17) is 0 Å². The number of nitrogens with zero attached hydrogens (tertiary/aromatic N) is 3. The van der Waals surface area contributed by atoms with Crippen molar-refractivity contribution in [3.63, 3.8) is 0 Å². The van der Waals surface area contributed by atoms with Crippen LogP contribution >= 0.6 is 0 Å². The predicted octanol–water partition coefficient (Wildman–Crippen LogP) is 2.96. The van der Waals surface area contributed by atoms with Gasteiger partial charge in [-0.25, -0.2) is 4.68 Å². The highest BCUT2D eigenvalue weighted by molar-refractivity contribution is 5.59. The predicted molar refractivity (Wildman–Crippen MR) is 83.9 cm³/mol. The summed E-state index contributed by atoms with van der Waals surface area (Å²) in [5.74, 6) is 0.0671. The van der Waals surface area contributed by atoms with E-state index in [1.807, 2.05) is 6.07 Å². The average molecular weight is 329 g/mol. The van der Waals surface area contributed by atoms with Crippen LogP contribution in [0.15, 0.2) is 65.7 Å². The fraction of sp³-hybridized carbons (Fsp3) is 0.118. The lowest BCUT2D eigenvalue weighted by Gasteiger charge is -2.08. The lowest BCUT2D eigenvalue weighted by molar-refractivity contribution is -0.0498. The van der Waals surface area contributed by atoms with Crippen molar-refractivity contribution in [2.24, 2.45) is 0 Å². The van der Waals surface area contributed by atoms with E-state index in [0.29, 0.717) is 17.8 Å². The Kier molecular flexibility index (Phi) is 4.60. The van der Waals surface area contributed by atoms with Gasteiger partial charge in [0.1, 0.15) is 5.75 Å². The molecule has 0 aliphatic rings. The summed E-state index contributed by atoms with van der Waals surface area (Å²) in [5.41, 5.74) is 1.86. The minimum atomic E-state index is -2.87. The van der Waals surface area contributed by atoms with E-state index in [1.54, 1.807) is 36.7 Å². The molecule has 5 nitrogen and oxygen atoms in total. The SMILES string of the molecule is O=c1ccc(-c2ccc(OC(F)F)cc2)nn1Cc1cccnc1. The molecule has 0 bridgehead atoms. The Morgan fingerprint density at radius 3 is 2.54 bits per heavy atom. The van der Waals surface area contributed by atoms with Crippen LogP contribution in [0.5, 0.6) is 5.75 Å². The first-order valence-electron chi connectivity index (χ1n) is 7.14. The van der Waals surface area contributed by atoms with Crippen molar-refractivity contribution in [2.45, 2.75) is 13.2 Å². The first-order chi connectivity index (χ1) is 11.6. The molecular formula is C17H13F2N3O2. The molecule has 2 heterocycles. The maximum absolute atomic E-state index is 12.2. The van der Waals surface area contributed by atoms with E-state index in [2.05, 4.69) is 14.8 Å². The Labute approximate surface area is 136 Å². The van der Waals surface area contributed by atoms with E-state index in [0.717, 1.165) is 5.56 Å². The molecule has 2 aromatic heterocycles. The zero-order valence-electron chi connectivity index (χ0n) is 12.5. The molecule has 3 aromatic rings. The molecule has 0 N–H and O–H groups in total. The Morgan fingerprint density at radius 1 is 1.08 bits per heavy atom. The van der Waals surface area contributed by atoms with Gasteiger partial charge in [0, 0.05) is 24.0 Å². The minimum absolute atomic E-state index is 0.0671. The van der Waals surface area contributed by atoms with Gasteiger partial charge in [0.25, 0.3) is 5.56 Å². The molecule has 122 valence electrons. The molecule has 0 atom stereocenters. The van der Waals surface area contributed by atoms with Crippen molar-refractivity contribution in [3.05, 3.63) is 76.8 Å². The smallest absolute Gasteiger partial charge is 0.387 e. The first kappa shape index (κ1) is 15.8. The van der Waals surface area contributed by atoms with Crippen LogP contribution in [0.4, 0.5) is 8.78 Å². The van der Waals surface area contributed by atoms with Gasteiger partial charge in [-0.1, -0.05) is 6.07 Å². The van der Waals surface area contributed by atoms with E-state index >= 15 is 0 Å². The van der Waals surface area contributed by atoms with E-state index < -0.39 is 6.61 Å². The number of ether oxygens (including phenoxy) is 1. The van der Waals surface area contributed by atoms with Gasteiger partial charge < -0.3 is 4.74 Å². The summed E-state index contributed by atoms with van der Waals surface area (Å²) in [5, 5.41) is 4.32. The van der Waals surface area contributed by atoms with Gasteiger partial charge in [-0.3, -0.25) is 9.78 Å². The maximum atomic E-state index is 12.2. The standard InChI is InChI=1S/C17H13F2N3O2/c18-17(19)24-14-5-3-13(4-6-14)15-7-8-16(23)22(21-15)11-12-2-1-9-20-10-12/h1-10,17H,11H2. The van der Waals surface area contributed by atoms with Gasteiger partial charge in [-0.2, -0.15) is 13.9 Å². The van der Waals surface area contributed by atoms with Gasteiger partial charge in [0.15, 0.2) is 0 Å². The number of pyridine rings is 1. The number of hydrogen-bond acceptors (Lipinski definition) is 4. The topological polar surface area (TPSA) is 57.0 Å². The molecule has 0 saturated heterocycles. The monoisotopic (exact) mass is 329 g/mol. The molecule has 24 heavy (non-hydrogen) atoms. The highest BCUT2D eigenvalue weighted by Gasteiger charge is 2.07. The van der Waals surface area contributed by atoms with Gasteiger partial charge in [-0.05, 0) is 42.0 Å². The molecule has 0 spiro atoms. The summed E-state index contributed by atoms with van der Waals surface area (Å²) in [6.45, 7) is -2.57. The van der Waals surface area contributed by atoms with E-state index in [-0.39, 0.29) is 11.3 Å². The third kappa shape index (κ3) is 3.81. The summed E-state index contributed by atoms with van der Waals surface area (Å²) in [4.78, 5) is 16.0. The summed E-state index contributed by atoms with van der Waals surface area (Å²) in [6.07, 6.45) is 3.32. The van der Waals surface area contributed by atoms with Gasteiger partial charge in [0.05, 0.1) is 12.2 Å². The van der Waals surface area contributed by atoms with Gasteiger partial charge in [-0.15, -0.1) is 0 Å². The Bertz CT molecular complexity index is 865. The fourth-order valence-corrected chi connectivity index (χ4v) is 2.19. The largest absolute Gasteiger partial charge is 0.435 e. The second-order valence-corrected chi connectivity index (χ2v) is 4.98. The number of halogens is 2. The van der Waals surface area contributed by atoms with Crippen LogP contribution in [0.3, 0.4) is 0 Å². The molecule has 0 aliphatic carbocycles. The summed E-state index contributed by atoms with van der Waals surface area (Å²) in [7, 11) is 0. The van der Waals surface area contributed by atoms with Crippen molar-refractivity contribution < 1.29 is 13.5 Å². The third-order valence-electron chi connectivity index (χ3n) is 3.30. The Morgan fingerprint density at radius 2 is 1.88 bits per heavy atom. The van der Waals surface area contributed by atoms with Crippen molar-refractivity contribution in [1.29, 1.82) is 0 Å². The molecule has 1 aromatic carbocycles. The van der Waals surface area contributed by atoms with Crippen molar-refractivity contribution in [3.8, 4) is 17.0 Å². The van der Waals surface area contributed by atoms with Crippen molar-refractivity contribution in [2.75, 3.05) is 0 Å². The quantitative estimate of drug-likeness (QED) is 0.722. The van der Waals surface area contributed by atoms with Crippen LogP contribution < -0.4 is 10.3 Å².